The minimum absolute atomic E-state index is 0.117. The Morgan fingerprint density at radius 1 is 1.18 bits per heavy atom. The van der Waals surface area contributed by atoms with Gasteiger partial charge in [-0.05, 0) is 49.3 Å². The van der Waals surface area contributed by atoms with Crippen molar-refractivity contribution in [3.05, 3.63) is 34.3 Å². The molecule has 2 aliphatic carbocycles. The lowest BCUT2D eigenvalue weighted by Crippen LogP contribution is -2.22. The van der Waals surface area contributed by atoms with Crippen molar-refractivity contribution in [2.75, 3.05) is 0 Å². The number of hydrogen-bond donors (Lipinski definition) is 1. The van der Waals surface area contributed by atoms with Crippen LogP contribution in [-0.4, -0.2) is 11.6 Å². The molecule has 1 amide bonds. The molecule has 0 bridgehead atoms. The summed E-state index contributed by atoms with van der Waals surface area (Å²) in [6.45, 7) is 1.93. The number of fused-ring (bicyclic) bond motifs is 1. The van der Waals surface area contributed by atoms with E-state index in [1.165, 1.54) is 38.5 Å². The molecule has 118 valence electrons. The summed E-state index contributed by atoms with van der Waals surface area (Å²) >= 11 is 3.46. The van der Waals surface area contributed by atoms with Crippen LogP contribution in [0.1, 0.15) is 51.0 Å². The van der Waals surface area contributed by atoms with Gasteiger partial charge < -0.3 is 0 Å². The Labute approximate surface area is 140 Å². The molecule has 2 unspecified atom stereocenters. The number of carbonyl (C=O) groups is 1. The highest BCUT2D eigenvalue weighted by Gasteiger charge is 2.53. The second-order valence-electron chi connectivity index (χ2n) is 6.53. The molecule has 0 aromatic heterocycles. The van der Waals surface area contributed by atoms with Gasteiger partial charge in [0.25, 0.3) is 0 Å². The molecule has 0 aliphatic heterocycles. The summed E-state index contributed by atoms with van der Waals surface area (Å²) in [4.78, 5) is 12.4. The third kappa shape index (κ3) is 3.60. The molecule has 4 heteroatoms. The molecule has 2 atom stereocenters. The Morgan fingerprint density at radius 2 is 1.86 bits per heavy atom. The Kier molecular flexibility index (Phi) is 4.97. The minimum Gasteiger partial charge on any atom is -0.273 e. The molecular formula is C18H23BrN2O. The van der Waals surface area contributed by atoms with Gasteiger partial charge in [-0.15, -0.1) is 0 Å². The fourth-order valence-electron chi connectivity index (χ4n) is 3.73. The normalized spacial score (nSPS) is 28.3. The molecular weight excluding hydrogens is 340 g/mol. The second kappa shape index (κ2) is 6.95. The van der Waals surface area contributed by atoms with Crippen LogP contribution in [0.3, 0.4) is 0 Å². The fourth-order valence-corrected chi connectivity index (χ4v) is 4.13. The van der Waals surface area contributed by atoms with Crippen LogP contribution in [0.4, 0.5) is 0 Å². The first kappa shape index (κ1) is 15.7. The average Bonchev–Trinajstić information content (AvgIpc) is 3.15. The number of halogens is 1. The van der Waals surface area contributed by atoms with Gasteiger partial charge in [-0.1, -0.05) is 53.7 Å². The van der Waals surface area contributed by atoms with Crippen LogP contribution in [0.5, 0.6) is 0 Å². The highest BCUT2D eigenvalue weighted by atomic mass is 79.9. The molecule has 0 spiro atoms. The summed E-state index contributed by atoms with van der Waals surface area (Å²) < 4.78 is 1.02. The van der Waals surface area contributed by atoms with Crippen LogP contribution in [0.2, 0.25) is 0 Å². The van der Waals surface area contributed by atoms with E-state index in [9.17, 15) is 4.79 Å². The van der Waals surface area contributed by atoms with E-state index in [-0.39, 0.29) is 11.8 Å². The van der Waals surface area contributed by atoms with Crippen LogP contribution in [0.15, 0.2) is 33.8 Å². The molecule has 1 N–H and O–H groups in total. The van der Waals surface area contributed by atoms with Crippen molar-refractivity contribution in [1.82, 2.24) is 5.43 Å². The van der Waals surface area contributed by atoms with Gasteiger partial charge in [0.15, 0.2) is 0 Å². The van der Waals surface area contributed by atoms with E-state index in [1.54, 1.807) is 0 Å². The maximum Gasteiger partial charge on any atom is 0.243 e. The van der Waals surface area contributed by atoms with E-state index >= 15 is 0 Å². The fraction of sp³-hybridized carbons (Fsp3) is 0.556. The van der Waals surface area contributed by atoms with Crippen molar-refractivity contribution in [3.63, 3.8) is 0 Å². The first-order valence-corrected chi connectivity index (χ1v) is 9.06. The van der Waals surface area contributed by atoms with Gasteiger partial charge in [-0.3, -0.25) is 4.79 Å². The van der Waals surface area contributed by atoms with Crippen LogP contribution < -0.4 is 5.43 Å². The Bertz CT molecular complexity index is 570. The van der Waals surface area contributed by atoms with Crippen molar-refractivity contribution in [3.8, 4) is 0 Å². The minimum atomic E-state index is 0.117. The van der Waals surface area contributed by atoms with Crippen LogP contribution in [0, 0.1) is 17.8 Å². The van der Waals surface area contributed by atoms with Gasteiger partial charge >= 0.3 is 0 Å². The third-order valence-corrected chi connectivity index (χ3v) is 5.53. The number of nitrogens with one attached hydrogen (secondary N) is 1. The highest BCUT2D eigenvalue weighted by Crippen LogP contribution is 2.53. The van der Waals surface area contributed by atoms with E-state index < -0.39 is 0 Å². The van der Waals surface area contributed by atoms with Gasteiger partial charge in [-0.2, -0.15) is 5.10 Å². The molecule has 3 nitrogen and oxygen atoms in total. The van der Waals surface area contributed by atoms with Gasteiger partial charge in [0.1, 0.15) is 0 Å². The predicted octanol–water partition coefficient (Wildman–Crippen LogP) is 4.51. The molecule has 3 rings (SSSR count). The standard InChI is InChI=1S/C18H23BrN2O/c1-12(13-7-6-8-14(19)11-13)20-21-18(22)17-15-9-4-2-3-5-10-16(15)17/h6-8,11,15-17H,2-5,9-10H2,1H3,(H,21,22)/b20-12+. The zero-order valence-corrected chi connectivity index (χ0v) is 14.6. The van der Waals surface area contributed by atoms with Crippen LogP contribution in [-0.2, 0) is 4.79 Å². The van der Waals surface area contributed by atoms with Crippen molar-refractivity contribution in [1.29, 1.82) is 0 Å². The Balaban J connectivity index is 1.59. The molecule has 2 fully saturated rings. The molecule has 22 heavy (non-hydrogen) atoms. The van der Waals surface area contributed by atoms with Gasteiger partial charge in [-0.25, -0.2) is 5.43 Å². The molecule has 2 saturated carbocycles. The van der Waals surface area contributed by atoms with E-state index in [0.717, 1.165) is 15.7 Å². The lowest BCUT2D eigenvalue weighted by Gasteiger charge is -2.04. The SMILES string of the molecule is C/C(=N\NC(=O)C1C2CCCCCCC21)c1cccc(Br)c1. The zero-order chi connectivity index (χ0) is 15.5. The molecule has 0 heterocycles. The molecule has 0 radical (unpaired) electrons. The topological polar surface area (TPSA) is 41.5 Å². The quantitative estimate of drug-likeness (QED) is 0.623. The first-order valence-electron chi connectivity index (χ1n) is 8.27. The summed E-state index contributed by atoms with van der Waals surface area (Å²) in [7, 11) is 0. The number of carbonyl (C=O) groups excluding carboxylic acids is 1. The largest absolute Gasteiger partial charge is 0.273 e. The van der Waals surface area contributed by atoms with Gasteiger partial charge in [0, 0.05) is 10.4 Å². The zero-order valence-electron chi connectivity index (χ0n) is 13.0. The number of hydrogen-bond acceptors (Lipinski definition) is 2. The predicted molar refractivity (Wildman–Crippen MR) is 92.7 cm³/mol. The van der Waals surface area contributed by atoms with Crippen LogP contribution >= 0.6 is 15.9 Å². The third-order valence-electron chi connectivity index (χ3n) is 5.04. The number of benzene rings is 1. The molecule has 0 saturated heterocycles. The number of amides is 1. The molecule has 1 aromatic rings. The second-order valence-corrected chi connectivity index (χ2v) is 7.44. The summed E-state index contributed by atoms with van der Waals surface area (Å²) in [5, 5.41) is 4.30. The first-order chi connectivity index (χ1) is 10.7. The molecule has 1 aromatic carbocycles. The van der Waals surface area contributed by atoms with Crippen LogP contribution in [0.25, 0.3) is 0 Å². The number of hydrazone groups is 1. The maximum atomic E-state index is 12.4. The highest BCUT2D eigenvalue weighted by molar-refractivity contribution is 9.10. The Hall–Kier alpha value is -1.16. The lowest BCUT2D eigenvalue weighted by molar-refractivity contribution is -0.122. The van der Waals surface area contributed by atoms with E-state index in [4.69, 9.17) is 0 Å². The van der Waals surface area contributed by atoms with Crippen molar-refractivity contribution >= 4 is 27.5 Å². The summed E-state index contributed by atoms with van der Waals surface area (Å²) in [5.41, 5.74) is 4.66. The Morgan fingerprint density at radius 3 is 2.50 bits per heavy atom. The summed E-state index contributed by atoms with van der Waals surface area (Å²) in [6, 6.07) is 7.97. The average molecular weight is 363 g/mol. The van der Waals surface area contributed by atoms with E-state index in [1.807, 2.05) is 31.2 Å². The van der Waals surface area contributed by atoms with Crippen molar-refractivity contribution in [2.24, 2.45) is 22.9 Å². The van der Waals surface area contributed by atoms with Gasteiger partial charge in [0.2, 0.25) is 5.91 Å². The summed E-state index contributed by atoms with van der Waals surface area (Å²) in [5.74, 6) is 1.55. The van der Waals surface area contributed by atoms with E-state index in [0.29, 0.717) is 11.8 Å². The number of rotatable bonds is 3. The van der Waals surface area contributed by atoms with E-state index in [2.05, 4.69) is 26.5 Å². The summed E-state index contributed by atoms with van der Waals surface area (Å²) in [6.07, 6.45) is 7.67. The molecule has 2 aliphatic rings. The lowest BCUT2D eigenvalue weighted by atomic mass is 10.0. The van der Waals surface area contributed by atoms with Crippen molar-refractivity contribution in [2.45, 2.75) is 45.4 Å². The monoisotopic (exact) mass is 362 g/mol. The number of nitrogens with zero attached hydrogens (tertiary/aromatic N) is 1. The smallest absolute Gasteiger partial charge is 0.243 e. The van der Waals surface area contributed by atoms with Gasteiger partial charge in [0.05, 0.1) is 5.71 Å². The maximum absolute atomic E-state index is 12.4. The van der Waals surface area contributed by atoms with Crippen molar-refractivity contribution < 1.29 is 4.79 Å².